The molecule has 0 unspecified atom stereocenters. The Balaban J connectivity index is 2.30. The van der Waals surface area contributed by atoms with E-state index in [4.69, 9.17) is 9.84 Å². The zero-order chi connectivity index (χ0) is 13.8. The molecule has 0 aromatic carbocycles. The van der Waals surface area contributed by atoms with Crippen LogP contribution in [0.4, 0.5) is 0 Å². The summed E-state index contributed by atoms with van der Waals surface area (Å²) in [5, 5.41) is 8.92. The number of aryl methyl sites for hydroxylation is 2. The molecule has 5 nitrogen and oxygen atoms in total. The lowest BCUT2D eigenvalue weighted by molar-refractivity contribution is 0.0696. The largest absolute Gasteiger partial charge is 0.478 e. The maximum Gasteiger partial charge on any atom is 0.335 e. The van der Waals surface area contributed by atoms with Crippen molar-refractivity contribution in [2.75, 3.05) is 0 Å². The highest BCUT2D eigenvalue weighted by Gasteiger charge is 2.09. The van der Waals surface area contributed by atoms with Crippen LogP contribution in [0, 0.1) is 6.92 Å². The van der Waals surface area contributed by atoms with Crippen LogP contribution in [0.3, 0.4) is 0 Å². The summed E-state index contributed by atoms with van der Waals surface area (Å²) >= 11 is 0. The molecule has 2 rings (SSSR count). The number of carbonyl (C=O) groups is 1. The Morgan fingerprint density at radius 1 is 1.37 bits per heavy atom. The van der Waals surface area contributed by atoms with E-state index in [1.165, 1.54) is 18.3 Å². The van der Waals surface area contributed by atoms with Crippen molar-refractivity contribution >= 4 is 5.97 Å². The van der Waals surface area contributed by atoms with E-state index in [0.29, 0.717) is 5.75 Å². The fourth-order valence-electron chi connectivity index (χ4n) is 1.65. The Morgan fingerprint density at radius 2 is 2.16 bits per heavy atom. The topological polar surface area (TPSA) is 72.3 Å². The number of aromatic carboxylic acids is 1. The molecule has 0 aliphatic heterocycles. The number of carboxylic acids is 1. The highest BCUT2D eigenvalue weighted by Crippen LogP contribution is 2.24. The lowest BCUT2D eigenvalue weighted by atomic mass is 10.2. The standard InChI is InChI=1S/C14H14N2O3/c1-3-11-12(5-4-9(2)16-11)19-13-8-10(14(17)18)6-7-15-13/h4-8H,3H2,1-2H3,(H,17,18). The van der Waals surface area contributed by atoms with Crippen molar-refractivity contribution in [3.8, 4) is 11.6 Å². The van der Waals surface area contributed by atoms with Gasteiger partial charge in [0.2, 0.25) is 5.88 Å². The molecule has 0 fully saturated rings. The van der Waals surface area contributed by atoms with Crippen LogP contribution in [0.15, 0.2) is 30.5 Å². The number of nitrogens with zero attached hydrogens (tertiary/aromatic N) is 2. The highest BCUT2D eigenvalue weighted by molar-refractivity contribution is 5.87. The number of hydrogen-bond acceptors (Lipinski definition) is 4. The predicted octanol–water partition coefficient (Wildman–Crippen LogP) is 2.84. The van der Waals surface area contributed by atoms with E-state index in [9.17, 15) is 4.79 Å². The van der Waals surface area contributed by atoms with Crippen molar-refractivity contribution in [1.82, 2.24) is 9.97 Å². The quantitative estimate of drug-likeness (QED) is 0.912. The van der Waals surface area contributed by atoms with Gasteiger partial charge in [-0.15, -0.1) is 0 Å². The highest BCUT2D eigenvalue weighted by atomic mass is 16.5. The van der Waals surface area contributed by atoms with Crippen LogP contribution in [-0.2, 0) is 6.42 Å². The molecule has 2 heterocycles. The van der Waals surface area contributed by atoms with Crippen LogP contribution in [0.5, 0.6) is 11.6 Å². The van der Waals surface area contributed by atoms with Crippen LogP contribution in [0.25, 0.3) is 0 Å². The van der Waals surface area contributed by atoms with Crippen molar-refractivity contribution < 1.29 is 14.6 Å². The molecule has 0 radical (unpaired) electrons. The predicted molar refractivity (Wildman–Crippen MR) is 69.6 cm³/mol. The van der Waals surface area contributed by atoms with Crippen LogP contribution < -0.4 is 4.74 Å². The number of carboxylic acid groups (broad SMARTS) is 1. The molecule has 2 aromatic rings. The molecule has 0 spiro atoms. The number of ether oxygens (including phenoxy) is 1. The van der Waals surface area contributed by atoms with Gasteiger partial charge in [-0.05, 0) is 31.5 Å². The van der Waals surface area contributed by atoms with E-state index in [1.807, 2.05) is 26.0 Å². The molecule has 0 saturated heterocycles. The van der Waals surface area contributed by atoms with Crippen LogP contribution in [0.1, 0.15) is 28.7 Å². The number of aromatic nitrogens is 2. The van der Waals surface area contributed by atoms with Crippen molar-refractivity contribution in [2.24, 2.45) is 0 Å². The van der Waals surface area contributed by atoms with Gasteiger partial charge < -0.3 is 9.84 Å². The molecule has 19 heavy (non-hydrogen) atoms. The van der Waals surface area contributed by atoms with Crippen LogP contribution in [-0.4, -0.2) is 21.0 Å². The zero-order valence-corrected chi connectivity index (χ0v) is 10.8. The van der Waals surface area contributed by atoms with E-state index in [2.05, 4.69) is 9.97 Å². The summed E-state index contributed by atoms with van der Waals surface area (Å²) in [6.07, 6.45) is 2.14. The van der Waals surface area contributed by atoms with E-state index < -0.39 is 5.97 Å². The fourth-order valence-corrected chi connectivity index (χ4v) is 1.65. The Morgan fingerprint density at radius 3 is 2.84 bits per heavy atom. The summed E-state index contributed by atoms with van der Waals surface area (Å²) in [5.41, 5.74) is 1.88. The van der Waals surface area contributed by atoms with Crippen molar-refractivity contribution in [2.45, 2.75) is 20.3 Å². The van der Waals surface area contributed by atoms with Gasteiger partial charge in [0.25, 0.3) is 0 Å². The van der Waals surface area contributed by atoms with Gasteiger partial charge in [-0.2, -0.15) is 0 Å². The van der Waals surface area contributed by atoms with Gasteiger partial charge in [-0.25, -0.2) is 9.78 Å². The minimum atomic E-state index is -1.01. The minimum absolute atomic E-state index is 0.142. The smallest absolute Gasteiger partial charge is 0.335 e. The Hall–Kier alpha value is -2.43. The van der Waals surface area contributed by atoms with Crippen molar-refractivity contribution in [1.29, 1.82) is 0 Å². The average molecular weight is 258 g/mol. The van der Waals surface area contributed by atoms with Gasteiger partial charge >= 0.3 is 5.97 Å². The first-order valence-corrected chi connectivity index (χ1v) is 5.94. The van der Waals surface area contributed by atoms with Gasteiger partial charge in [0.15, 0.2) is 5.75 Å². The van der Waals surface area contributed by atoms with Gasteiger partial charge in [-0.3, -0.25) is 4.98 Å². The van der Waals surface area contributed by atoms with Crippen LogP contribution in [0.2, 0.25) is 0 Å². The summed E-state index contributed by atoms with van der Waals surface area (Å²) in [6, 6.07) is 6.47. The Kier molecular flexibility index (Phi) is 3.75. The van der Waals surface area contributed by atoms with Gasteiger partial charge in [0.05, 0.1) is 11.3 Å². The molecule has 0 aliphatic rings. The van der Waals surface area contributed by atoms with Crippen LogP contribution >= 0.6 is 0 Å². The van der Waals surface area contributed by atoms with Gasteiger partial charge in [-0.1, -0.05) is 6.92 Å². The second kappa shape index (κ2) is 5.48. The number of rotatable bonds is 4. The molecular formula is C14H14N2O3. The third-order valence-electron chi connectivity index (χ3n) is 2.60. The second-order valence-electron chi connectivity index (χ2n) is 4.04. The molecule has 0 saturated carbocycles. The SMILES string of the molecule is CCc1nc(C)ccc1Oc1cc(C(=O)O)ccn1. The number of pyridine rings is 2. The molecule has 0 aliphatic carbocycles. The molecule has 0 amide bonds. The average Bonchev–Trinajstić information content (AvgIpc) is 2.41. The molecule has 2 aromatic heterocycles. The molecular weight excluding hydrogens is 244 g/mol. The third-order valence-corrected chi connectivity index (χ3v) is 2.60. The molecule has 1 N–H and O–H groups in total. The van der Waals surface area contributed by atoms with E-state index >= 15 is 0 Å². The summed E-state index contributed by atoms with van der Waals surface area (Å²) in [5.74, 6) is -0.159. The van der Waals surface area contributed by atoms with Crippen molar-refractivity contribution in [3.63, 3.8) is 0 Å². The minimum Gasteiger partial charge on any atom is -0.478 e. The molecule has 98 valence electrons. The normalized spacial score (nSPS) is 10.2. The first-order valence-electron chi connectivity index (χ1n) is 5.94. The zero-order valence-electron chi connectivity index (χ0n) is 10.8. The van der Waals surface area contributed by atoms with E-state index in [1.54, 1.807) is 0 Å². The van der Waals surface area contributed by atoms with E-state index in [-0.39, 0.29) is 11.4 Å². The molecule has 0 bridgehead atoms. The van der Waals surface area contributed by atoms with E-state index in [0.717, 1.165) is 17.8 Å². The lowest BCUT2D eigenvalue weighted by Gasteiger charge is -2.09. The maximum absolute atomic E-state index is 10.9. The van der Waals surface area contributed by atoms with Gasteiger partial charge in [0.1, 0.15) is 0 Å². The molecule has 0 atom stereocenters. The number of hydrogen-bond donors (Lipinski definition) is 1. The van der Waals surface area contributed by atoms with Crippen molar-refractivity contribution in [3.05, 3.63) is 47.4 Å². The van der Waals surface area contributed by atoms with Gasteiger partial charge in [0, 0.05) is 18.0 Å². The summed E-state index contributed by atoms with van der Waals surface area (Å²) in [4.78, 5) is 19.3. The third kappa shape index (κ3) is 3.07. The summed E-state index contributed by atoms with van der Waals surface area (Å²) in [7, 11) is 0. The fraction of sp³-hybridized carbons (Fsp3) is 0.214. The first-order chi connectivity index (χ1) is 9.10. The first kappa shape index (κ1) is 13.0. The Bertz CT molecular complexity index is 611. The molecule has 5 heteroatoms. The Labute approximate surface area is 110 Å². The summed E-state index contributed by atoms with van der Waals surface area (Å²) in [6.45, 7) is 3.89. The monoisotopic (exact) mass is 258 g/mol. The maximum atomic E-state index is 10.9. The lowest BCUT2D eigenvalue weighted by Crippen LogP contribution is -2.00. The summed E-state index contributed by atoms with van der Waals surface area (Å²) < 4.78 is 5.61. The second-order valence-corrected chi connectivity index (χ2v) is 4.04.